The van der Waals surface area contributed by atoms with E-state index in [4.69, 9.17) is 5.84 Å². The van der Waals surface area contributed by atoms with Gasteiger partial charge < -0.3 is 5.32 Å². The Hall–Kier alpha value is -1.92. The maximum atomic E-state index is 11.7. The quantitative estimate of drug-likeness (QED) is 0.388. The van der Waals surface area contributed by atoms with Gasteiger partial charge in [0.15, 0.2) is 0 Å². The second-order valence-corrected chi connectivity index (χ2v) is 5.19. The van der Waals surface area contributed by atoms with Crippen LogP contribution in [0.1, 0.15) is 28.8 Å². The van der Waals surface area contributed by atoms with Crippen LogP contribution in [0.3, 0.4) is 0 Å². The molecule has 0 aromatic heterocycles. The highest BCUT2D eigenvalue weighted by Crippen LogP contribution is 2.18. The molecule has 0 unspecified atom stereocenters. The van der Waals surface area contributed by atoms with Gasteiger partial charge in [0.05, 0.1) is 6.54 Å². The van der Waals surface area contributed by atoms with E-state index in [0.717, 1.165) is 18.4 Å². The lowest BCUT2D eigenvalue weighted by atomic mass is 10.1. The smallest absolute Gasteiger partial charge is 0.265 e. The Bertz CT molecular complexity index is 500. The first kappa shape index (κ1) is 14.5. The molecule has 20 heavy (non-hydrogen) atoms. The minimum Gasteiger partial charge on any atom is -0.352 e. The molecule has 2 amide bonds. The van der Waals surface area contributed by atoms with E-state index in [1.807, 2.05) is 18.0 Å². The van der Waals surface area contributed by atoms with Crippen LogP contribution in [0.4, 0.5) is 0 Å². The molecule has 6 nitrogen and oxygen atoms in total. The summed E-state index contributed by atoms with van der Waals surface area (Å²) in [4.78, 5) is 25.0. The van der Waals surface area contributed by atoms with Crippen LogP contribution in [0.15, 0.2) is 24.3 Å². The number of hydrogen-bond acceptors (Lipinski definition) is 4. The van der Waals surface area contributed by atoms with E-state index in [1.165, 1.54) is 0 Å². The molecule has 0 saturated heterocycles. The molecule has 2 rings (SSSR count). The number of hydrogen-bond donors (Lipinski definition) is 3. The third-order valence-electron chi connectivity index (χ3n) is 3.13. The van der Waals surface area contributed by atoms with Crippen LogP contribution in [0.5, 0.6) is 0 Å². The Morgan fingerprint density at radius 1 is 1.40 bits per heavy atom. The Morgan fingerprint density at radius 2 is 2.15 bits per heavy atom. The minimum atomic E-state index is -0.319. The zero-order valence-electron chi connectivity index (χ0n) is 11.6. The average molecular weight is 276 g/mol. The lowest BCUT2D eigenvalue weighted by Crippen LogP contribution is -2.36. The van der Waals surface area contributed by atoms with E-state index in [1.54, 1.807) is 18.2 Å². The lowest BCUT2D eigenvalue weighted by molar-refractivity contribution is -0.122. The summed E-state index contributed by atoms with van der Waals surface area (Å²) in [5.74, 6) is 4.84. The number of nitrogens with zero attached hydrogens (tertiary/aromatic N) is 1. The predicted molar refractivity (Wildman–Crippen MR) is 75.6 cm³/mol. The van der Waals surface area contributed by atoms with E-state index in [2.05, 4.69) is 10.7 Å². The van der Waals surface area contributed by atoms with Crippen LogP contribution in [0.25, 0.3) is 0 Å². The molecule has 1 aliphatic rings. The summed E-state index contributed by atoms with van der Waals surface area (Å²) in [6.07, 6.45) is 2.18. The number of carbonyl (C=O) groups is 2. The molecular formula is C14H20N4O2. The molecule has 0 radical (unpaired) electrons. The highest BCUT2D eigenvalue weighted by atomic mass is 16.2. The molecule has 1 fully saturated rings. The van der Waals surface area contributed by atoms with Crippen molar-refractivity contribution in [3.63, 3.8) is 0 Å². The standard InChI is InChI=1S/C14H20N4O2/c1-18(9-13(19)16-12-5-6-12)8-10-3-2-4-11(7-10)14(20)17-15/h2-4,7,12H,5-6,8-9,15H2,1H3,(H,16,19)(H,17,20). The second kappa shape index (κ2) is 6.49. The van der Waals surface area contributed by atoms with Crippen LogP contribution in [0, 0.1) is 0 Å². The lowest BCUT2D eigenvalue weighted by Gasteiger charge is -2.16. The van der Waals surface area contributed by atoms with E-state index < -0.39 is 0 Å². The fraction of sp³-hybridized carbons (Fsp3) is 0.429. The van der Waals surface area contributed by atoms with Crippen molar-refractivity contribution in [2.45, 2.75) is 25.4 Å². The number of nitrogens with one attached hydrogen (secondary N) is 2. The average Bonchev–Trinajstić information content (AvgIpc) is 3.21. The maximum absolute atomic E-state index is 11.7. The van der Waals surface area contributed by atoms with Gasteiger partial charge in [-0.15, -0.1) is 0 Å². The zero-order chi connectivity index (χ0) is 14.5. The summed E-state index contributed by atoms with van der Waals surface area (Å²) in [6.45, 7) is 0.952. The first-order valence-corrected chi connectivity index (χ1v) is 6.66. The van der Waals surface area contributed by atoms with Crippen molar-refractivity contribution in [3.05, 3.63) is 35.4 Å². The van der Waals surface area contributed by atoms with Gasteiger partial charge in [-0.2, -0.15) is 0 Å². The van der Waals surface area contributed by atoms with Crippen molar-refractivity contribution in [3.8, 4) is 0 Å². The number of carbonyl (C=O) groups excluding carboxylic acids is 2. The van der Waals surface area contributed by atoms with Crippen LogP contribution in [0.2, 0.25) is 0 Å². The monoisotopic (exact) mass is 276 g/mol. The molecule has 1 aromatic rings. The molecule has 0 aliphatic heterocycles. The Morgan fingerprint density at radius 3 is 2.80 bits per heavy atom. The fourth-order valence-electron chi connectivity index (χ4n) is 2.01. The normalized spacial score (nSPS) is 14.2. The third-order valence-corrected chi connectivity index (χ3v) is 3.13. The number of nitrogen functional groups attached to an aromatic ring is 1. The summed E-state index contributed by atoms with van der Waals surface area (Å²) >= 11 is 0. The van der Waals surface area contributed by atoms with Gasteiger partial charge >= 0.3 is 0 Å². The van der Waals surface area contributed by atoms with Crippen LogP contribution in [-0.4, -0.2) is 36.3 Å². The van der Waals surface area contributed by atoms with Gasteiger partial charge in [0, 0.05) is 18.2 Å². The van der Waals surface area contributed by atoms with Gasteiger partial charge in [-0.05, 0) is 37.6 Å². The second-order valence-electron chi connectivity index (χ2n) is 5.19. The van der Waals surface area contributed by atoms with Crippen molar-refractivity contribution in [2.75, 3.05) is 13.6 Å². The van der Waals surface area contributed by atoms with Crippen LogP contribution < -0.4 is 16.6 Å². The van der Waals surface area contributed by atoms with Gasteiger partial charge in [-0.3, -0.25) is 19.9 Å². The molecule has 0 atom stereocenters. The summed E-state index contributed by atoms with van der Waals surface area (Å²) in [5.41, 5.74) is 3.59. The largest absolute Gasteiger partial charge is 0.352 e. The van der Waals surface area contributed by atoms with Gasteiger partial charge in [-0.1, -0.05) is 12.1 Å². The number of rotatable bonds is 6. The number of nitrogens with two attached hydrogens (primary N) is 1. The van der Waals surface area contributed by atoms with Crippen LogP contribution >= 0.6 is 0 Å². The number of amides is 2. The molecule has 108 valence electrons. The molecule has 0 spiro atoms. The highest BCUT2D eigenvalue weighted by Gasteiger charge is 2.23. The molecular weight excluding hydrogens is 256 g/mol. The molecule has 6 heteroatoms. The minimum absolute atomic E-state index is 0.0471. The molecule has 1 aromatic carbocycles. The third kappa shape index (κ3) is 4.32. The van der Waals surface area contributed by atoms with Crippen molar-refractivity contribution >= 4 is 11.8 Å². The molecule has 0 bridgehead atoms. The Balaban J connectivity index is 1.87. The first-order valence-electron chi connectivity index (χ1n) is 6.66. The number of benzene rings is 1. The van der Waals surface area contributed by atoms with Gasteiger partial charge in [0.25, 0.3) is 5.91 Å². The van der Waals surface area contributed by atoms with E-state index in [0.29, 0.717) is 24.7 Å². The molecule has 1 saturated carbocycles. The summed E-state index contributed by atoms with van der Waals surface area (Å²) in [7, 11) is 1.88. The fourth-order valence-corrected chi connectivity index (χ4v) is 2.01. The Kier molecular flexibility index (Phi) is 4.70. The van der Waals surface area contributed by atoms with E-state index >= 15 is 0 Å². The molecule has 1 aliphatic carbocycles. The van der Waals surface area contributed by atoms with Crippen molar-refractivity contribution < 1.29 is 9.59 Å². The molecule has 0 heterocycles. The van der Waals surface area contributed by atoms with Crippen molar-refractivity contribution in [2.24, 2.45) is 5.84 Å². The number of likely N-dealkylation sites (N-methyl/N-ethyl adjacent to an activating group) is 1. The molecule has 4 N–H and O–H groups in total. The van der Waals surface area contributed by atoms with E-state index in [-0.39, 0.29) is 11.8 Å². The highest BCUT2D eigenvalue weighted by molar-refractivity contribution is 5.93. The van der Waals surface area contributed by atoms with Gasteiger partial charge in [0.1, 0.15) is 0 Å². The predicted octanol–water partition coefficient (Wildman–Crippen LogP) is 0.000500. The van der Waals surface area contributed by atoms with Crippen LogP contribution in [-0.2, 0) is 11.3 Å². The van der Waals surface area contributed by atoms with Crippen molar-refractivity contribution in [1.29, 1.82) is 0 Å². The topological polar surface area (TPSA) is 87.5 Å². The van der Waals surface area contributed by atoms with Gasteiger partial charge in [0.2, 0.25) is 5.91 Å². The van der Waals surface area contributed by atoms with Crippen molar-refractivity contribution in [1.82, 2.24) is 15.6 Å². The number of hydrazine groups is 1. The summed E-state index contributed by atoms with van der Waals surface area (Å²) < 4.78 is 0. The summed E-state index contributed by atoms with van der Waals surface area (Å²) in [5, 5.41) is 2.95. The van der Waals surface area contributed by atoms with E-state index in [9.17, 15) is 9.59 Å². The maximum Gasteiger partial charge on any atom is 0.265 e. The van der Waals surface area contributed by atoms with Gasteiger partial charge in [-0.25, -0.2) is 5.84 Å². The SMILES string of the molecule is CN(CC(=O)NC1CC1)Cc1cccc(C(=O)NN)c1. The summed E-state index contributed by atoms with van der Waals surface area (Å²) in [6, 6.07) is 7.58. The zero-order valence-corrected chi connectivity index (χ0v) is 11.6. The Labute approximate surface area is 118 Å². The first-order chi connectivity index (χ1) is 9.58.